The monoisotopic (exact) mass is 440 g/mol. The second-order valence-electron chi connectivity index (χ2n) is 7.40. The van der Waals surface area contributed by atoms with Gasteiger partial charge < -0.3 is 14.8 Å². The average molecular weight is 441 g/mol. The molecule has 0 radical (unpaired) electrons. The maximum atomic E-state index is 6.40. The van der Waals surface area contributed by atoms with E-state index < -0.39 is 0 Å². The Kier molecular flexibility index (Phi) is 8.72. The van der Waals surface area contributed by atoms with Gasteiger partial charge in [-0.05, 0) is 60.8 Å². The molecule has 0 aliphatic carbocycles. The van der Waals surface area contributed by atoms with Gasteiger partial charge >= 0.3 is 0 Å². The summed E-state index contributed by atoms with van der Waals surface area (Å²) in [5.41, 5.74) is 3.45. The number of halogens is 1. The molecule has 30 heavy (non-hydrogen) atoms. The smallest absolute Gasteiger partial charge is 0.173 e. The number of hydrogen-bond donors (Lipinski definition) is 1. The van der Waals surface area contributed by atoms with Crippen molar-refractivity contribution in [3.63, 3.8) is 0 Å². The molecule has 0 saturated carbocycles. The molecule has 0 aliphatic heterocycles. The maximum Gasteiger partial charge on any atom is 0.173 e. The number of rotatable bonds is 10. The van der Waals surface area contributed by atoms with Gasteiger partial charge in [0.25, 0.3) is 0 Å². The lowest BCUT2D eigenvalue weighted by atomic mass is 10.1. The van der Waals surface area contributed by atoms with Gasteiger partial charge in [-0.3, -0.25) is 0 Å². The first-order chi connectivity index (χ1) is 14.7. The quantitative estimate of drug-likeness (QED) is 0.382. The largest absolute Gasteiger partial charge is 0.345 e. The number of imidazole rings is 1. The zero-order valence-electron chi connectivity index (χ0n) is 17.4. The van der Waals surface area contributed by atoms with E-state index in [1.54, 1.807) is 6.20 Å². The second-order valence-corrected chi connectivity index (χ2v) is 8.19. The third-order valence-corrected chi connectivity index (χ3v) is 5.76. The predicted octanol–water partition coefficient (Wildman–Crippen LogP) is 6.17. The Hall–Kier alpha value is -2.37. The number of thiocarbonyl (C=S) groups is 1. The summed E-state index contributed by atoms with van der Waals surface area (Å²) in [6.07, 6.45) is 10.1. The van der Waals surface area contributed by atoms with E-state index >= 15 is 0 Å². The molecule has 0 unspecified atom stereocenters. The molecule has 6 heteroatoms. The third-order valence-electron chi connectivity index (χ3n) is 5.03. The van der Waals surface area contributed by atoms with Crippen LogP contribution in [0.2, 0.25) is 5.02 Å². The van der Waals surface area contributed by atoms with Crippen molar-refractivity contribution in [3.8, 4) is 0 Å². The maximum absolute atomic E-state index is 6.40. The third kappa shape index (κ3) is 6.85. The minimum Gasteiger partial charge on any atom is -0.345 e. The SMILES string of the molecule is CCCCc1ccc(NC(=S)N(CCCn2ccnc2)Cc2ccccc2Cl)cc1. The van der Waals surface area contributed by atoms with Crippen LogP contribution in [0.3, 0.4) is 0 Å². The van der Waals surface area contributed by atoms with E-state index in [-0.39, 0.29) is 0 Å². The number of nitrogens with zero attached hydrogens (tertiary/aromatic N) is 3. The summed E-state index contributed by atoms with van der Waals surface area (Å²) < 4.78 is 2.08. The standard InChI is InChI=1S/C24H29ClN4S/c1-2-3-7-20-10-12-22(13-11-20)27-24(30)29(16-6-15-28-17-14-26-19-28)18-21-8-4-5-9-23(21)25/h4-5,8-14,17,19H,2-3,6-7,15-16,18H2,1H3,(H,27,30). The highest BCUT2D eigenvalue weighted by Crippen LogP contribution is 2.19. The molecule has 3 aromatic rings. The highest BCUT2D eigenvalue weighted by atomic mass is 35.5. The van der Waals surface area contributed by atoms with E-state index in [0.29, 0.717) is 11.7 Å². The molecule has 0 spiro atoms. The lowest BCUT2D eigenvalue weighted by Crippen LogP contribution is -2.35. The fourth-order valence-electron chi connectivity index (χ4n) is 3.29. The van der Waals surface area contributed by atoms with Crippen molar-refractivity contribution in [1.82, 2.24) is 14.5 Å². The zero-order chi connectivity index (χ0) is 21.2. The van der Waals surface area contributed by atoms with Gasteiger partial charge in [-0.25, -0.2) is 4.98 Å². The molecule has 0 fully saturated rings. The van der Waals surface area contributed by atoms with E-state index in [0.717, 1.165) is 42.2 Å². The van der Waals surface area contributed by atoms with Crippen molar-refractivity contribution >= 4 is 34.6 Å². The number of aromatic nitrogens is 2. The van der Waals surface area contributed by atoms with Crippen LogP contribution >= 0.6 is 23.8 Å². The van der Waals surface area contributed by atoms with Gasteiger partial charge in [0.1, 0.15) is 0 Å². The first-order valence-corrected chi connectivity index (χ1v) is 11.3. The second kappa shape index (κ2) is 11.7. The molecule has 4 nitrogen and oxygen atoms in total. The minimum atomic E-state index is 0.671. The number of hydrogen-bond acceptors (Lipinski definition) is 2. The van der Waals surface area contributed by atoms with Crippen molar-refractivity contribution in [2.45, 2.75) is 45.7 Å². The molecule has 1 heterocycles. The van der Waals surface area contributed by atoms with Crippen LogP contribution in [0, 0.1) is 0 Å². The van der Waals surface area contributed by atoms with Gasteiger partial charge in [0, 0.05) is 42.7 Å². The summed E-state index contributed by atoms with van der Waals surface area (Å²) in [5.74, 6) is 0. The zero-order valence-corrected chi connectivity index (χ0v) is 19.0. The summed E-state index contributed by atoms with van der Waals surface area (Å²) in [4.78, 5) is 6.29. The number of anilines is 1. The highest BCUT2D eigenvalue weighted by molar-refractivity contribution is 7.80. The Morgan fingerprint density at radius 2 is 1.93 bits per heavy atom. The summed E-state index contributed by atoms with van der Waals surface area (Å²) in [6, 6.07) is 16.5. The van der Waals surface area contributed by atoms with Crippen LogP contribution in [0.25, 0.3) is 0 Å². The van der Waals surface area contributed by atoms with E-state index in [2.05, 4.69) is 57.0 Å². The highest BCUT2D eigenvalue weighted by Gasteiger charge is 2.13. The van der Waals surface area contributed by atoms with Crippen molar-refractivity contribution in [3.05, 3.63) is 83.4 Å². The molecule has 0 saturated heterocycles. The van der Waals surface area contributed by atoms with E-state index in [9.17, 15) is 0 Å². The van der Waals surface area contributed by atoms with Crippen molar-refractivity contribution in [2.75, 3.05) is 11.9 Å². The van der Waals surface area contributed by atoms with E-state index in [1.807, 2.05) is 30.7 Å². The molecular weight excluding hydrogens is 412 g/mol. The van der Waals surface area contributed by atoms with Gasteiger partial charge in [0.05, 0.1) is 6.33 Å². The first kappa shape index (κ1) is 22.3. The normalized spacial score (nSPS) is 10.7. The molecule has 1 aromatic heterocycles. The molecule has 3 rings (SSSR count). The van der Waals surface area contributed by atoms with Gasteiger partial charge in [-0.2, -0.15) is 0 Å². The summed E-state index contributed by atoms with van der Waals surface area (Å²) >= 11 is 12.2. The fraction of sp³-hybridized carbons (Fsp3) is 0.333. The topological polar surface area (TPSA) is 33.1 Å². The molecular formula is C24H29ClN4S. The van der Waals surface area contributed by atoms with Crippen LogP contribution in [0.1, 0.15) is 37.3 Å². The molecule has 0 amide bonds. The lowest BCUT2D eigenvalue weighted by Gasteiger charge is -2.26. The minimum absolute atomic E-state index is 0.671. The Labute approximate surface area is 189 Å². The first-order valence-electron chi connectivity index (χ1n) is 10.5. The molecule has 0 atom stereocenters. The summed E-state index contributed by atoms with van der Waals surface area (Å²) in [5, 5.41) is 4.88. The number of nitrogens with one attached hydrogen (secondary N) is 1. The average Bonchev–Trinajstić information content (AvgIpc) is 3.27. The van der Waals surface area contributed by atoms with Crippen LogP contribution < -0.4 is 5.32 Å². The molecule has 0 bridgehead atoms. The lowest BCUT2D eigenvalue weighted by molar-refractivity contribution is 0.396. The Bertz CT molecular complexity index is 909. The fourth-order valence-corrected chi connectivity index (χ4v) is 3.76. The summed E-state index contributed by atoms with van der Waals surface area (Å²) in [6.45, 7) is 4.61. The molecule has 0 aliphatic rings. The molecule has 1 N–H and O–H groups in total. The van der Waals surface area contributed by atoms with E-state index in [4.69, 9.17) is 23.8 Å². The van der Waals surface area contributed by atoms with Gasteiger partial charge in [0.2, 0.25) is 0 Å². The number of benzene rings is 2. The Morgan fingerprint density at radius 3 is 2.63 bits per heavy atom. The van der Waals surface area contributed by atoms with Gasteiger partial charge in [-0.15, -0.1) is 0 Å². The van der Waals surface area contributed by atoms with Gasteiger partial charge in [0.15, 0.2) is 5.11 Å². The number of unbranched alkanes of at least 4 members (excludes halogenated alkanes) is 1. The van der Waals surface area contributed by atoms with Crippen LogP contribution in [-0.4, -0.2) is 26.1 Å². The summed E-state index contributed by atoms with van der Waals surface area (Å²) in [7, 11) is 0. The number of aryl methyl sites for hydroxylation is 2. The van der Waals surface area contributed by atoms with Crippen molar-refractivity contribution < 1.29 is 0 Å². The molecule has 2 aromatic carbocycles. The van der Waals surface area contributed by atoms with Crippen LogP contribution in [-0.2, 0) is 19.5 Å². The van der Waals surface area contributed by atoms with Crippen LogP contribution in [0.4, 0.5) is 5.69 Å². The van der Waals surface area contributed by atoms with Crippen molar-refractivity contribution in [1.29, 1.82) is 0 Å². The van der Waals surface area contributed by atoms with Crippen LogP contribution in [0.5, 0.6) is 0 Å². The van der Waals surface area contributed by atoms with Crippen molar-refractivity contribution in [2.24, 2.45) is 0 Å². The molecule has 158 valence electrons. The predicted molar refractivity (Wildman–Crippen MR) is 130 cm³/mol. The Balaban J connectivity index is 1.64. The van der Waals surface area contributed by atoms with E-state index in [1.165, 1.54) is 18.4 Å². The van der Waals surface area contributed by atoms with Crippen LogP contribution in [0.15, 0.2) is 67.3 Å². The Morgan fingerprint density at radius 1 is 1.13 bits per heavy atom. The van der Waals surface area contributed by atoms with Gasteiger partial charge in [-0.1, -0.05) is 55.3 Å².